The molecule has 4 nitrogen and oxygen atoms in total. The third-order valence-electron chi connectivity index (χ3n) is 1.75. The van der Waals surface area contributed by atoms with Crippen molar-refractivity contribution in [1.29, 1.82) is 0 Å². The molecule has 4 heteroatoms. The van der Waals surface area contributed by atoms with Crippen molar-refractivity contribution >= 4 is 12.4 Å². The quantitative estimate of drug-likeness (QED) is 0.578. The number of hydrogen-bond donors (Lipinski definition) is 1. The van der Waals surface area contributed by atoms with Gasteiger partial charge in [0.05, 0.1) is 0 Å². The van der Waals surface area contributed by atoms with Crippen LogP contribution in [0.5, 0.6) is 0 Å². The van der Waals surface area contributed by atoms with E-state index in [1.165, 1.54) is 6.92 Å². The Morgan fingerprint density at radius 3 is 2.73 bits per heavy atom. The topological polar surface area (TPSA) is 55.4 Å². The van der Waals surface area contributed by atoms with E-state index >= 15 is 0 Å². The summed E-state index contributed by atoms with van der Waals surface area (Å²) in [7, 11) is 0. The highest BCUT2D eigenvalue weighted by Crippen LogP contribution is 2.22. The molecule has 0 radical (unpaired) electrons. The van der Waals surface area contributed by atoms with Crippen LogP contribution in [0.2, 0.25) is 0 Å². The Balaban J connectivity index is 2.09. The van der Waals surface area contributed by atoms with E-state index in [4.69, 9.17) is 0 Å². The minimum absolute atomic E-state index is 0.0179. The van der Waals surface area contributed by atoms with Crippen molar-refractivity contribution in [3.63, 3.8) is 0 Å². The molecule has 11 heavy (non-hydrogen) atoms. The van der Waals surface area contributed by atoms with Gasteiger partial charge in [-0.3, -0.25) is 9.59 Å². The van der Waals surface area contributed by atoms with Crippen LogP contribution in [-0.2, 0) is 14.3 Å². The number of carbonyl (C=O) groups is 2. The fourth-order valence-electron chi connectivity index (χ4n) is 1.16. The van der Waals surface area contributed by atoms with E-state index in [9.17, 15) is 9.59 Å². The summed E-state index contributed by atoms with van der Waals surface area (Å²) in [6.07, 6.45) is 1.51. The van der Waals surface area contributed by atoms with Crippen LogP contribution in [0.25, 0.3) is 0 Å². The lowest BCUT2D eigenvalue weighted by molar-refractivity contribution is -0.138. The minimum Gasteiger partial charge on any atom is -0.464 e. The van der Waals surface area contributed by atoms with Gasteiger partial charge in [-0.15, -0.1) is 0 Å². The molecule has 1 aliphatic rings. The molecule has 0 spiro atoms. The normalized spacial score (nSPS) is 28.5. The summed E-state index contributed by atoms with van der Waals surface area (Å²) in [5.41, 5.74) is 0. The monoisotopic (exact) mass is 157 g/mol. The lowest BCUT2D eigenvalue weighted by Crippen LogP contribution is -2.46. The number of hydrogen-bond acceptors (Lipinski definition) is 3. The van der Waals surface area contributed by atoms with Gasteiger partial charge in [0.15, 0.2) is 0 Å². The van der Waals surface area contributed by atoms with E-state index in [0.717, 1.165) is 12.8 Å². The van der Waals surface area contributed by atoms with E-state index in [-0.39, 0.29) is 18.1 Å². The Hall–Kier alpha value is -1.06. The molecule has 1 fully saturated rings. The van der Waals surface area contributed by atoms with E-state index in [1.54, 1.807) is 0 Å². The molecule has 0 aliphatic heterocycles. The van der Waals surface area contributed by atoms with Crippen molar-refractivity contribution < 1.29 is 14.3 Å². The SMILES string of the molecule is CC(=O)NC1CC(OC=O)C1. The Morgan fingerprint density at radius 2 is 2.27 bits per heavy atom. The lowest BCUT2D eigenvalue weighted by Gasteiger charge is -2.33. The maximum atomic E-state index is 10.5. The maximum absolute atomic E-state index is 10.5. The van der Waals surface area contributed by atoms with Crippen LogP contribution in [0.3, 0.4) is 0 Å². The van der Waals surface area contributed by atoms with Gasteiger partial charge in [-0.05, 0) is 0 Å². The van der Waals surface area contributed by atoms with Gasteiger partial charge in [0.25, 0.3) is 6.47 Å². The molecule has 1 aliphatic carbocycles. The molecule has 1 amide bonds. The summed E-state index contributed by atoms with van der Waals surface area (Å²) >= 11 is 0. The molecule has 0 heterocycles. The molecule has 62 valence electrons. The minimum atomic E-state index is -0.0282. The first-order valence-electron chi connectivity index (χ1n) is 3.58. The number of amides is 1. The molecular formula is C7H11NO3. The first kappa shape index (κ1) is 8.04. The van der Waals surface area contributed by atoms with Crippen LogP contribution < -0.4 is 5.32 Å². The molecule has 0 aromatic carbocycles. The van der Waals surface area contributed by atoms with Crippen LogP contribution in [0, 0.1) is 0 Å². The van der Waals surface area contributed by atoms with Crippen molar-refractivity contribution in [3.05, 3.63) is 0 Å². The molecule has 0 bridgehead atoms. The molecule has 0 atom stereocenters. The summed E-state index contributed by atoms with van der Waals surface area (Å²) < 4.78 is 4.66. The number of carbonyl (C=O) groups excluding carboxylic acids is 2. The third kappa shape index (κ3) is 2.22. The van der Waals surface area contributed by atoms with Gasteiger partial charge in [0.2, 0.25) is 5.91 Å². The highest BCUT2D eigenvalue weighted by Gasteiger charge is 2.30. The standard InChI is InChI=1S/C7H11NO3/c1-5(10)8-6-2-7(3-6)11-4-9/h4,6-7H,2-3H2,1H3,(H,8,10). The molecule has 1 saturated carbocycles. The van der Waals surface area contributed by atoms with Crippen LogP contribution in [0.1, 0.15) is 19.8 Å². The Kier molecular flexibility index (Phi) is 2.46. The van der Waals surface area contributed by atoms with Gasteiger partial charge in [-0.2, -0.15) is 0 Å². The van der Waals surface area contributed by atoms with Crippen LogP contribution in [0.4, 0.5) is 0 Å². The number of ether oxygens (including phenoxy) is 1. The molecule has 0 saturated heterocycles. The first-order chi connectivity index (χ1) is 5.22. The van der Waals surface area contributed by atoms with Crippen molar-refractivity contribution in [1.82, 2.24) is 5.32 Å². The second-order valence-corrected chi connectivity index (χ2v) is 2.72. The predicted octanol–water partition coefficient (Wildman–Crippen LogP) is -0.174. The fraction of sp³-hybridized carbons (Fsp3) is 0.714. The second-order valence-electron chi connectivity index (χ2n) is 2.72. The summed E-state index contributed by atoms with van der Waals surface area (Å²) in [6, 6.07) is 0.206. The fourth-order valence-corrected chi connectivity index (χ4v) is 1.16. The Morgan fingerprint density at radius 1 is 1.64 bits per heavy atom. The zero-order chi connectivity index (χ0) is 8.27. The van der Waals surface area contributed by atoms with E-state index in [2.05, 4.69) is 10.1 Å². The average molecular weight is 157 g/mol. The van der Waals surface area contributed by atoms with Crippen LogP contribution >= 0.6 is 0 Å². The third-order valence-corrected chi connectivity index (χ3v) is 1.75. The molecule has 1 rings (SSSR count). The van der Waals surface area contributed by atoms with Gasteiger partial charge in [0.1, 0.15) is 6.10 Å². The van der Waals surface area contributed by atoms with Crippen molar-refractivity contribution in [3.8, 4) is 0 Å². The summed E-state index contributed by atoms with van der Waals surface area (Å²) in [5.74, 6) is -0.0282. The molecule has 0 unspecified atom stereocenters. The molecule has 1 N–H and O–H groups in total. The van der Waals surface area contributed by atoms with Gasteiger partial charge in [0, 0.05) is 25.8 Å². The lowest BCUT2D eigenvalue weighted by atomic mass is 9.89. The zero-order valence-corrected chi connectivity index (χ0v) is 6.37. The van der Waals surface area contributed by atoms with E-state index in [1.807, 2.05) is 0 Å². The Bertz CT molecular complexity index is 163. The summed E-state index contributed by atoms with van der Waals surface area (Å²) in [6.45, 7) is 1.93. The largest absolute Gasteiger partial charge is 0.464 e. The number of rotatable bonds is 3. The van der Waals surface area contributed by atoms with Crippen LogP contribution in [-0.4, -0.2) is 24.5 Å². The van der Waals surface area contributed by atoms with Gasteiger partial charge in [-0.1, -0.05) is 0 Å². The zero-order valence-electron chi connectivity index (χ0n) is 6.37. The van der Waals surface area contributed by atoms with Crippen LogP contribution in [0.15, 0.2) is 0 Å². The van der Waals surface area contributed by atoms with Crippen molar-refractivity contribution in [2.24, 2.45) is 0 Å². The summed E-state index contributed by atoms with van der Waals surface area (Å²) in [4.78, 5) is 20.3. The second kappa shape index (κ2) is 3.37. The number of nitrogens with one attached hydrogen (secondary N) is 1. The highest BCUT2D eigenvalue weighted by molar-refractivity contribution is 5.73. The molecule has 0 aromatic rings. The van der Waals surface area contributed by atoms with E-state index < -0.39 is 0 Å². The first-order valence-corrected chi connectivity index (χ1v) is 3.58. The smallest absolute Gasteiger partial charge is 0.293 e. The Labute approximate surface area is 64.9 Å². The summed E-state index contributed by atoms with van der Waals surface area (Å²) in [5, 5.41) is 2.73. The molecular weight excluding hydrogens is 146 g/mol. The van der Waals surface area contributed by atoms with Gasteiger partial charge >= 0.3 is 0 Å². The average Bonchev–Trinajstić information content (AvgIpc) is 1.82. The van der Waals surface area contributed by atoms with Gasteiger partial charge < -0.3 is 10.1 Å². The maximum Gasteiger partial charge on any atom is 0.293 e. The highest BCUT2D eigenvalue weighted by atomic mass is 16.5. The van der Waals surface area contributed by atoms with Gasteiger partial charge in [-0.25, -0.2) is 0 Å². The molecule has 0 aromatic heterocycles. The predicted molar refractivity (Wildman–Crippen MR) is 37.8 cm³/mol. The van der Waals surface area contributed by atoms with Crippen molar-refractivity contribution in [2.45, 2.75) is 31.9 Å². The van der Waals surface area contributed by atoms with E-state index in [0.29, 0.717) is 6.47 Å². The van der Waals surface area contributed by atoms with Crippen molar-refractivity contribution in [2.75, 3.05) is 0 Å².